The van der Waals surface area contributed by atoms with E-state index < -0.39 is 29.8 Å². The maximum absolute atomic E-state index is 12.9. The summed E-state index contributed by atoms with van der Waals surface area (Å²) in [4.78, 5) is 27.5. The lowest BCUT2D eigenvalue weighted by Gasteiger charge is -2.20. The lowest BCUT2D eigenvalue weighted by atomic mass is 10.2. The van der Waals surface area contributed by atoms with Crippen LogP contribution < -0.4 is 0 Å². The lowest BCUT2D eigenvalue weighted by molar-refractivity contribution is -0.141. The molecule has 2 heterocycles. The third-order valence-corrected chi connectivity index (χ3v) is 2.78. The van der Waals surface area contributed by atoms with Gasteiger partial charge in [0.05, 0.1) is 17.9 Å². The fourth-order valence-electron chi connectivity index (χ4n) is 1.97. The highest BCUT2D eigenvalue weighted by Gasteiger charge is 2.39. The Hall–Kier alpha value is -2.02. The Bertz CT molecular complexity index is 494. The number of hydrogen-bond acceptors (Lipinski definition) is 4. The Morgan fingerprint density at radius 1 is 1.44 bits per heavy atom. The number of β-amino-alcohol motifs (C(OH)–C–C–N with tert-alkyl or cyclic N) is 1. The number of halogens is 1. The summed E-state index contributed by atoms with van der Waals surface area (Å²) in [5.41, 5.74) is -0.0321. The van der Waals surface area contributed by atoms with E-state index in [1.807, 2.05) is 0 Å². The van der Waals surface area contributed by atoms with E-state index in [4.69, 9.17) is 5.11 Å². The summed E-state index contributed by atoms with van der Waals surface area (Å²) < 4.78 is 12.9. The molecule has 0 bridgehead atoms. The molecule has 1 aromatic rings. The second-order valence-corrected chi connectivity index (χ2v) is 4.09. The molecule has 6 nitrogen and oxygen atoms in total. The van der Waals surface area contributed by atoms with E-state index >= 15 is 0 Å². The molecule has 0 spiro atoms. The van der Waals surface area contributed by atoms with Gasteiger partial charge in [-0.15, -0.1) is 0 Å². The van der Waals surface area contributed by atoms with Gasteiger partial charge in [0.25, 0.3) is 5.91 Å². The van der Waals surface area contributed by atoms with Crippen molar-refractivity contribution in [1.29, 1.82) is 0 Å². The SMILES string of the molecule is O=C(O)C1CC(O)CN1C(=O)c1cncc(F)c1. The van der Waals surface area contributed by atoms with Crippen molar-refractivity contribution in [2.75, 3.05) is 6.54 Å². The van der Waals surface area contributed by atoms with Gasteiger partial charge in [-0.2, -0.15) is 0 Å². The summed E-state index contributed by atoms with van der Waals surface area (Å²) in [5.74, 6) is -2.51. The van der Waals surface area contributed by atoms with Gasteiger partial charge in [-0.3, -0.25) is 9.78 Å². The van der Waals surface area contributed by atoms with Crippen molar-refractivity contribution >= 4 is 11.9 Å². The van der Waals surface area contributed by atoms with E-state index in [1.165, 1.54) is 0 Å². The molecule has 2 atom stereocenters. The molecular formula is C11H11FN2O4. The summed E-state index contributed by atoms with van der Waals surface area (Å²) in [6, 6.07) is -0.102. The van der Waals surface area contributed by atoms with Crippen molar-refractivity contribution in [3.05, 3.63) is 29.8 Å². The van der Waals surface area contributed by atoms with Crippen molar-refractivity contribution in [2.24, 2.45) is 0 Å². The molecule has 1 fully saturated rings. The monoisotopic (exact) mass is 254 g/mol. The summed E-state index contributed by atoms with van der Waals surface area (Å²) in [5, 5.41) is 18.4. The van der Waals surface area contributed by atoms with Crippen LogP contribution in [0.2, 0.25) is 0 Å². The normalized spacial score (nSPS) is 23.1. The average molecular weight is 254 g/mol. The number of aliphatic hydroxyl groups is 1. The van der Waals surface area contributed by atoms with Crippen LogP contribution in [0.3, 0.4) is 0 Å². The molecule has 1 amide bonds. The van der Waals surface area contributed by atoms with Crippen LogP contribution in [0.1, 0.15) is 16.8 Å². The average Bonchev–Trinajstić information content (AvgIpc) is 2.70. The highest BCUT2D eigenvalue weighted by atomic mass is 19.1. The molecule has 1 aliphatic rings. The second-order valence-electron chi connectivity index (χ2n) is 4.09. The number of aliphatic carboxylic acids is 1. The van der Waals surface area contributed by atoms with Gasteiger partial charge in [0.2, 0.25) is 0 Å². The van der Waals surface area contributed by atoms with Gasteiger partial charge < -0.3 is 15.1 Å². The molecule has 7 heteroatoms. The molecule has 1 aromatic heterocycles. The van der Waals surface area contributed by atoms with E-state index in [9.17, 15) is 19.1 Å². The Kier molecular flexibility index (Phi) is 3.24. The molecule has 96 valence electrons. The van der Waals surface area contributed by atoms with E-state index in [2.05, 4.69) is 4.98 Å². The number of pyridine rings is 1. The quantitative estimate of drug-likeness (QED) is 0.767. The fourth-order valence-corrected chi connectivity index (χ4v) is 1.97. The van der Waals surface area contributed by atoms with E-state index in [-0.39, 0.29) is 18.5 Å². The van der Waals surface area contributed by atoms with Crippen molar-refractivity contribution in [3.63, 3.8) is 0 Å². The number of nitrogens with zero attached hydrogens (tertiary/aromatic N) is 2. The van der Waals surface area contributed by atoms with Gasteiger partial charge in [0, 0.05) is 19.2 Å². The highest BCUT2D eigenvalue weighted by molar-refractivity contribution is 5.96. The van der Waals surface area contributed by atoms with Crippen molar-refractivity contribution in [2.45, 2.75) is 18.6 Å². The molecule has 1 aliphatic heterocycles. The molecule has 18 heavy (non-hydrogen) atoms. The van der Waals surface area contributed by atoms with Crippen molar-refractivity contribution < 1.29 is 24.2 Å². The number of amides is 1. The summed E-state index contributed by atoms with van der Waals surface area (Å²) in [6.45, 7) is -0.0771. The maximum Gasteiger partial charge on any atom is 0.326 e. The number of aliphatic hydroxyl groups excluding tert-OH is 1. The molecule has 0 aromatic carbocycles. The summed E-state index contributed by atoms with van der Waals surface area (Å²) >= 11 is 0. The topological polar surface area (TPSA) is 90.7 Å². The number of hydrogen-bond donors (Lipinski definition) is 2. The minimum Gasteiger partial charge on any atom is -0.480 e. The smallest absolute Gasteiger partial charge is 0.326 e. The number of carboxylic acid groups (broad SMARTS) is 1. The Morgan fingerprint density at radius 3 is 2.78 bits per heavy atom. The maximum atomic E-state index is 12.9. The van der Waals surface area contributed by atoms with Gasteiger partial charge in [-0.1, -0.05) is 0 Å². The number of likely N-dealkylation sites (tertiary alicyclic amines) is 1. The summed E-state index contributed by atoms with van der Waals surface area (Å²) in [7, 11) is 0. The van der Waals surface area contributed by atoms with Crippen LogP contribution in [0.5, 0.6) is 0 Å². The molecule has 0 saturated carbocycles. The molecule has 1 saturated heterocycles. The first-order valence-corrected chi connectivity index (χ1v) is 5.31. The Balaban J connectivity index is 2.25. The number of carbonyl (C=O) groups is 2. The standard InChI is InChI=1S/C11H11FN2O4/c12-7-1-6(3-13-4-7)10(16)14-5-8(15)2-9(14)11(17)18/h1,3-4,8-9,15H,2,5H2,(H,17,18). The minimum atomic E-state index is -1.19. The van der Waals surface area contributed by atoms with Gasteiger partial charge in [-0.05, 0) is 6.07 Å². The lowest BCUT2D eigenvalue weighted by Crippen LogP contribution is -2.40. The molecule has 2 N–H and O–H groups in total. The van der Waals surface area contributed by atoms with Crippen LogP contribution in [0.25, 0.3) is 0 Å². The summed E-state index contributed by atoms with van der Waals surface area (Å²) in [6.07, 6.45) is 1.21. The fraction of sp³-hybridized carbons (Fsp3) is 0.364. The van der Waals surface area contributed by atoms with Gasteiger partial charge in [0.1, 0.15) is 11.9 Å². The first-order chi connectivity index (χ1) is 8.49. The van der Waals surface area contributed by atoms with Crippen LogP contribution in [-0.4, -0.2) is 50.7 Å². The minimum absolute atomic E-state index is 0.0240. The number of rotatable bonds is 2. The Morgan fingerprint density at radius 2 is 2.17 bits per heavy atom. The van der Waals surface area contributed by atoms with E-state index in [0.29, 0.717) is 0 Å². The predicted octanol–water partition coefficient (Wildman–Crippen LogP) is -0.119. The third-order valence-electron chi connectivity index (χ3n) is 2.78. The second kappa shape index (κ2) is 4.69. The number of carboxylic acids is 1. The highest BCUT2D eigenvalue weighted by Crippen LogP contribution is 2.20. The van der Waals surface area contributed by atoms with Crippen molar-refractivity contribution in [3.8, 4) is 0 Å². The zero-order valence-corrected chi connectivity index (χ0v) is 9.28. The predicted molar refractivity (Wildman–Crippen MR) is 57.3 cm³/mol. The van der Waals surface area contributed by atoms with Crippen molar-refractivity contribution in [1.82, 2.24) is 9.88 Å². The van der Waals surface area contributed by atoms with Crippen LogP contribution in [0, 0.1) is 5.82 Å². The molecule has 2 rings (SSSR count). The number of aromatic nitrogens is 1. The van der Waals surface area contributed by atoms with Gasteiger partial charge in [0.15, 0.2) is 0 Å². The van der Waals surface area contributed by atoms with Crippen LogP contribution in [-0.2, 0) is 4.79 Å². The molecule has 0 radical (unpaired) electrons. The third kappa shape index (κ3) is 2.30. The number of carbonyl (C=O) groups excluding carboxylic acids is 1. The zero-order valence-electron chi connectivity index (χ0n) is 9.28. The van der Waals surface area contributed by atoms with Crippen LogP contribution >= 0.6 is 0 Å². The molecule has 2 unspecified atom stereocenters. The Labute approximate surface area is 102 Å². The molecular weight excluding hydrogens is 243 g/mol. The van der Waals surface area contributed by atoms with E-state index in [0.717, 1.165) is 23.4 Å². The molecule has 0 aliphatic carbocycles. The van der Waals surface area contributed by atoms with E-state index in [1.54, 1.807) is 0 Å². The van der Waals surface area contributed by atoms with Gasteiger partial charge in [-0.25, -0.2) is 9.18 Å². The largest absolute Gasteiger partial charge is 0.480 e. The van der Waals surface area contributed by atoms with Crippen LogP contribution in [0.15, 0.2) is 18.5 Å². The van der Waals surface area contributed by atoms with Crippen LogP contribution in [0.4, 0.5) is 4.39 Å². The first kappa shape index (κ1) is 12.4. The van der Waals surface area contributed by atoms with Gasteiger partial charge >= 0.3 is 5.97 Å². The first-order valence-electron chi connectivity index (χ1n) is 5.31. The zero-order chi connectivity index (χ0) is 13.3.